The molecule has 0 aliphatic heterocycles. The third-order valence-electron chi connectivity index (χ3n) is 3.63. The molecule has 3 aromatic rings. The molecule has 0 atom stereocenters. The fraction of sp³-hybridized carbons (Fsp3) is 0.125. The van der Waals surface area contributed by atoms with E-state index in [2.05, 4.69) is 15.4 Å². The van der Waals surface area contributed by atoms with Crippen LogP contribution in [0.15, 0.2) is 59.9 Å². The van der Waals surface area contributed by atoms with Crippen molar-refractivity contribution in [3.63, 3.8) is 0 Å². The lowest BCUT2D eigenvalue weighted by Crippen LogP contribution is -2.06. The van der Waals surface area contributed by atoms with Crippen molar-refractivity contribution < 1.29 is 13.3 Å². The maximum Gasteiger partial charge on any atom is 0.293 e. The van der Waals surface area contributed by atoms with Gasteiger partial charge in [-0.3, -0.25) is 10.1 Å². The molecule has 0 saturated heterocycles. The zero-order valence-corrected chi connectivity index (χ0v) is 14.5. The Morgan fingerprint density at radius 3 is 2.69 bits per heavy atom. The molecule has 2 heterocycles. The quantitative estimate of drug-likeness (QED) is 0.519. The molecule has 2 aromatic heterocycles. The summed E-state index contributed by atoms with van der Waals surface area (Å²) < 4.78 is 24.8. The van der Waals surface area contributed by atoms with Crippen LogP contribution in [0.25, 0.3) is 5.82 Å². The maximum absolute atomic E-state index is 11.6. The summed E-state index contributed by atoms with van der Waals surface area (Å²) in [6.45, 7) is 0.301. The van der Waals surface area contributed by atoms with Gasteiger partial charge in [-0.1, -0.05) is 0 Å². The Labute approximate surface area is 149 Å². The van der Waals surface area contributed by atoms with Crippen LogP contribution in [0.5, 0.6) is 0 Å². The highest BCUT2D eigenvalue weighted by Gasteiger charge is 2.18. The zero-order valence-electron chi connectivity index (χ0n) is 13.7. The standard InChI is InChI=1S/C16H15N5O4S/c1-26(24,25)13-3-4-14(15(10-13)21(22)23)18-11-12-5-7-17-16(9-12)20-8-2-6-19-20/h2-10,18H,11H2,1H3. The number of aromatic nitrogens is 3. The second kappa shape index (κ2) is 6.92. The number of nitro benzene ring substituents is 1. The number of rotatable bonds is 6. The molecule has 0 aliphatic rings. The Bertz CT molecular complexity index is 1050. The van der Waals surface area contributed by atoms with Gasteiger partial charge in [0.05, 0.1) is 9.82 Å². The molecular formula is C16H15N5O4S. The van der Waals surface area contributed by atoms with E-state index in [0.29, 0.717) is 12.4 Å². The highest BCUT2D eigenvalue weighted by atomic mass is 32.2. The van der Waals surface area contributed by atoms with Gasteiger partial charge in [0.2, 0.25) is 0 Å². The minimum Gasteiger partial charge on any atom is -0.375 e. The average Bonchev–Trinajstić information content (AvgIpc) is 3.14. The lowest BCUT2D eigenvalue weighted by Gasteiger charge is -2.09. The number of nitrogens with zero attached hydrogens (tertiary/aromatic N) is 4. The summed E-state index contributed by atoms with van der Waals surface area (Å²) >= 11 is 0. The van der Waals surface area contributed by atoms with Gasteiger partial charge < -0.3 is 5.32 Å². The topological polar surface area (TPSA) is 120 Å². The predicted molar refractivity (Wildman–Crippen MR) is 94.9 cm³/mol. The highest BCUT2D eigenvalue weighted by molar-refractivity contribution is 7.90. The molecule has 0 bridgehead atoms. The molecule has 1 aromatic carbocycles. The van der Waals surface area contributed by atoms with E-state index in [1.165, 1.54) is 12.1 Å². The maximum atomic E-state index is 11.6. The Morgan fingerprint density at radius 2 is 2.04 bits per heavy atom. The van der Waals surface area contributed by atoms with Crippen molar-refractivity contribution in [3.05, 3.63) is 70.7 Å². The van der Waals surface area contributed by atoms with Gasteiger partial charge in [0.15, 0.2) is 15.7 Å². The van der Waals surface area contributed by atoms with Gasteiger partial charge in [0.25, 0.3) is 5.69 Å². The Morgan fingerprint density at radius 1 is 1.23 bits per heavy atom. The average molecular weight is 373 g/mol. The summed E-state index contributed by atoms with van der Waals surface area (Å²) in [5.41, 5.74) is 0.779. The number of hydrogen-bond acceptors (Lipinski definition) is 7. The van der Waals surface area contributed by atoms with Crippen LogP contribution in [0.4, 0.5) is 11.4 Å². The van der Waals surface area contributed by atoms with Gasteiger partial charge in [-0.05, 0) is 35.9 Å². The molecule has 3 rings (SSSR count). The van der Waals surface area contributed by atoms with Crippen molar-refractivity contribution in [2.45, 2.75) is 11.4 Å². The summed E-state index contributed by atoms with van der Waals surface area (Å²) in [4.78, 5) is 14.8. The van der Waals surface area contributed by atoms with Crippen LogP contribution in [0.3, 0.4) is 0 Å². The summed E-state index contributed by atoms with van der Waals surface area (Å²) in [7, 11) is -3.52. The van der Waals surface area contributed by atoms with Crippen molar-refractivity contribution >= 4 is 21.2 Å². The monoisotopic (exact) mass is 373 g/mol. The second-order valence-electron chi connectivity index (χ2n) is 5.53. The molecule has 134 valence electrons. The van der Waals surface area contributed by atoms with Crippen molar-refractivity contribution in [1.82, 2.24) is 14.8 Å². The number of hydrogen-bond donors (Lipinski definition) is 1. The van der Waals surface area contributed by atoms with Crippen molar-refractivity contribution in [3.8, 4) is 5.82 Å². The van der Waals surface area contributed by atoms with E-state index < -0.39 is 14.8 Å². The van der Waals surface area contributed by atoms with Crippen molar-refractivity contribution in [2.75, 3.05) is 11.6 Å². The van der Waals surface area contributed by atoms with Crippen LogP contribution in [-0.4, -0.2) is 34.4 Å². The summed E-state index contributed by atoms with van der Waals surface area (Å²) in [5.74, 6) is 0.622. The third kappa shape index (κ3) is 3.86. The van der Waals surface area contributed by atoms with E-state index in [0.717, 1.165) is 17.9 Å². The molecule has 0 unspecified atom stereocenters. The first-order chi connectivity index (χ1) is 12.3. The molecule has 0 amide bonds. The highest BCUT2D eigenvalue weighted by Crippen LogP contribution is 2.28. The van der Waals surface area contributed by atoms with Gasteiger partial charge in [0.1, 0.15) is 5.69 Å². The minimum atomic E-state index is -3.52. The van der Waals surface area contributed by atoms with Gasteiger partial charge in [-0.2, -0.15) is 5.10 Å². The van der Waals surface area contributed by atoms with Crippen LogP contribution in [0, 0.1) is 10.1 Å². The number of anilines is 1. The Hall–Kier alpha value is -3.27. The summed E-state index contributed by atoms with van der Waals surface area (Å²) in [5, 5.41) is 18.3. The van der Waals surface area contributed by atoms with Crippen LogP contribution in [0.2, 0.25) is 0 Å². The molecule has 0 saturated carbocycles. The Kier molecular flexibility index (Phi) is 4.67. The van der Waals surface area contributed by atoms with E-state index >= 15 is 0 Å². The van der Waals surface area contributed by atoms with Crippen molar-refractivity contribution in [1.29, 1.82) is 0 Å². The molecule has 9 nitrogen and oxygen atoms in total. The first-order valence-electron chi connectivity index (χ1n) is 7.52. The summed E-state index contributed by atoms with van der Waals surface area (Å²) in [6, 6.07) is 9.14. The van der Waals surface area contributed by atoms with E-state index in [4.69, 9.17) is 0 Å². The smallest absolute Gasteiger partial charge is 0.293 e. The molecular weight excluding hydrogens is 358 g/mol. The van der Waals surface area contributed by atoms with Crippen LogP contribution >= 0.6 is 0 Å². The molecule has 0 spiro atoms. The lowest BCUT2D eigenvalue weighted by atomic mass is 10.2. The molecule has 0 fully saturated rings. The first-order valence-corrected chi connectivity index (χ1v) is 9.41. The molecule has 0 aliphatic carbocycles. The minimum absolute atomic E-state index is 0.0976. The predicted octanol–water partition coefficient (Wildman–Crippen LogP) is 2.19. The molecule has 26 heavy (non-hydrogen) atoms. The normalized spacial score (nSPS) is 11.3. The van der Waals surface area contributed by atoms with Crippen LogP contribution in [-0.2, 0) is 16.4 Å². The third-order valence-corrected chi connectivity index (χ3v) is 4.74. The van der Waals surface area contributed by atoms with E-state index in [1.807, 2.05) is 0 Å². The SMILES string of the molecule is CS(=O)(=O)c1ccc(NCc2ccnc(-n3cccn3)c2)c([N+](=O)[O-])c1. The van der Waals surface area contributed by atoms with E-state index in [9.17, 15) is 18.5 Å². The fourth-order valence-electron chi connectivity index (χ4n) is 2.34. The lowest BCUT2D eigenvalue weighted by molar-refractivity contribution is -0.384. The number of nitrogens with one attached hydrogen (secondary N) is 1. The second-order valence-corrected chi connectivity index (χ2v) is 7.55. The first kappa shape index (κ1) is 17.5. The molecule has 0 radical (unpaired) electrons. The largest absolute Gasteiger partial charge is 0.375 e. The van der Waals surface area contributed by atoms with Crippen molar-refractivity contribution in [2.24, 2.45) is 0 Å². The van der Waals surface area contributed by atoms with E-state index in [-0.39, 0.29) is 16.3 Å². The molecule has 1 N–H and O–H groups in total. The van der Waals surface area contributed by atoms with Gasteiger partial charge in [-0.25, -0.2) is 18.1 Å². The van der Waals surface area contributed by atoms with Crippen LogP contribution < -0.4 is 5.32 Å². The summed E-state index contributed by atoms with van der Waals surface area (Å²) in [6.07, 6.45) is 6.02. The number of sulfone groups is 1. The number of benzene rings is 1. The van der Waals surface area contributed by atoms with Gasteiger partial charge >= 0.3 is 0 Å². The zero-order chi connectivity index (χ0) is 18.7. The van der Waals surface area contributed by atoms with Gasteiger partial charge in [0, 0.05) is 37.5 Å². The number of nitro groups is 1. The fourth-order valence-corrected chi connectivity index (χ4v) is 2.98. The van der Waals surface area contributed by atoms with E-state index in [1.54, 1.807) is 41.5 Å². The molecule has 10 heteroatoms. The van der Waals surface area contributed by atoms with Crippen LogP contribution in [0.1, 0.15) is 5.56 Å². The van der Waals surface area contributed by atoms with Gasteiger partial charge in [-0.15, -0.1) is 0 Å². The Balaban J connectivity index is 1.84. The number of pyridine rings is 1.